The molecule has 0 radical (unpaired) electrons. The average Bonchev–Trinajstić information content (AvgIpc) is 3.30. The van der Waals surface area contributed by atoms with E-state index in [0.29, 0.717) is 61.3 Å². The largest absolute Gasteiger partial charge is 0.457 e. The van der Waals surface area contributed by atoms with E-state index in [0.717, 1.165) is 25.0 Å². The smallest absolute Gasteiger partial charge is 0.253 e. The molecule has 3 amide bonds. The highest BCUT2D eigenvalue weighted by Gasteiger charge is 2.38. The van der Waals surface area contributed by atoms with E-state index in [-0.39, 0.29) is 17.7 Å². The van der Waals surface area contributed by atoms with Gasteiger partial charge < -0.3 is 19.9 Å². The number of carbonyl (C=O) groups is 3. The molecule has 0 aliphatic carbocycles. The first-order valence-electron chi connectivity index (χ1n) is 14.3. The Morgan fingerprint density at radius 1 is 0.775 bits per heavy atom. The van der Waals surface area contributed by atoms with Crippen LogP contribution < -0.4 is 10.1 Å². The van der Waals surface area contributed by atoms with Crippen LogP contribution in [0.3, 0.4) is 0 Å². The maximum atomic E-state index is 13.5. The van der Waals surface area contributed by atoms with Gasteiger partial charge in [0.15, 0.2) is 0 Å². The Kier molecular flexibility index (Phi) is 8.79. The number of nitrogens with zero attached hydrogens (tertiary/aromatic N) is 2. The summed E-state index contributed by atoms with van der Waals surface area (Å²) in [6, 6.07) is 25.4. The molecule has 40 heavy (non-hydrogen) atoms. The first-order valence-corrected chi connectivity index (χ1v) is 14.3. The lowest BCUT2D eigenvalue weighted by molar-refractivity contribution is -0.133. The Hall–Kier alpha value is -4.13. The lowest BCUT2D eigenvalue weighted by Gasteiger charge is -2.27. The van der Waals surface area contributed by atoms with E-state index in [4.69, 9.17) is 4.74 Å². The summed E-state index contributed by atoms with van der Waals surface area (Å²) >= 11 is 0. The molecular weight excluding hydrogens is 502 g/mol. The van der Waals surface area contributed by atoms with Gasteiger partial charge in [-0.1, -0.05) is 49.7 Å². The fraction of sp³-hybridized carbons (Fsp3) is 0.364. The van der Waals surface area contributed by atoms with Crippen LogP contribution in [-0.4, -0.2) is 59.7 Å². The predicted octanol–water partition coefficient (Wildman–Crippen LogP) is 5.39. The lowest BCUT2D eigenvalue weighted by atomic mass is 9.92. The van der Waals surface area contributed by atoms with Gasteiger partial charge in [-0.15, -0.1) is 0 Å². The SMILES string of the molecule is CCC[C@H](NC(=O)c1ccccc1)C(=O)N1CC[C@@H]2CN(C(=O)c3ccc(Oc4ccccc4)cc3)C[C@@H]2CC1. The quantitative estimate of drug-likeness (QED) is 0.417. The molecule has 2 aliphatic rings. The van der Waals surface area contributed by atoms with Gasteiger partial charge in [-0.3, -0.25) is 14.4 Å². The van der Waals surface area contributed by atoms with Crippen molar-refractivity contribution in [2.75, 3.05) is 26.2 Å². The third-order valence-corrected chi connectivity index (χ3v) is 8.01. The summed E-state index contributed by atoms with van der Waals surface area (Å²) in [7, 11) is 0. The van der Waals surface area contributed by atoms with Crippen LogP contribution in [0.5, 0.6) is 11.5 Å². The number of hydrogen-bond donors (Lipinski definition) is 1. The van der Waals surface area contributed by atoms with E-state index in [1.807, 2.05) is 89.5 Å². The molecule has 3 atom stereocenters. The Morgan fingerprint density at radius 2 is 1.35 bits per heavy atom. The van der Waals surface area contributed by atoms with Crippen molar-refractivity contribution in [2.45, 2.75) is 38.6 Å². The van der Waals surface area contributed by atoms with Gasteiger partial charge in [0.25, 0.3) is 11.8 Å². The highest BCUT2D eigenvalue weighted by atomic mass is 16.5. The number of amides is 3. The Labute approximate surface area is 236 Å². The maximum Gasteiger partial charge on any atom is 0.253 e. The summed E-state index contributed by atoms with van der Waals surface area (Å²) in [4.78, 5) is 43.4. The molecule has 2 saturated heterocycles. The minimum absolute atomic E-state index is 0.00292. The van der Waals surface area contributed by atoms with Gasteiger partial charge >= 0.3 is 0 Å². The molecule has 7 heteroatoms. The molecule has 0 unspecified atom stereocenters. The van der Waals surface area contributed by atoms with Gasteiger partial charge in [0, 0.05) is 37.3 Å². The van der Waals surface area contributed by atoms with Crippen LogP contribution in [0.2, 0.25) is 0 Å². The molecule has 3 aromatic rings. The van der Waals surface area contributed by atoms with Crippen LogP contribution in [0.4, 0.5) is 0 Å². The van der Waals surface area contributed by atoms with Crippen molar-refractivity contribution < 1.29 is 19.1 Å². The fourth-order valence-electron chi connectivity index (χ4n) is 5.80. The van der Waals surface area contributed by atoms with E-state index < -0.39 is 6.04 Å². The number of hydrogen-bond acceptors (Lipinski definition) is 4. The van der Waals surface area contributed by atoms with E-state index in [2.05, 4.69) is 5.32 Å². The number of benzene rings is 3. The van der Waals surface area contributed by atoms with Crippen molar-refractivity contribution in [2.24, 2.45) is 11.8 Å². The Morgan fingerprint density at radius 3 is 1.95 bits per heavy atom. The van der Waals surface area contributed by atoms with E-state index >= 15 is 0 Å². The molecule has 3 aromatic carbocycles. The van der Waals surface area contributed by atoms with Crippen molar-refractivity contribution in [3.8, 4) is 11.5 Å². The monoisotopic (exact) mass is 539 g/mol. The molecule has 2 heterocycles. The minimum atomic E-state index is -0.525. The normalized spacial score (nSPS) is 19.3. The van der Waals surface area contributed by atoms with Crippen LogP contribution in [0.25, 0.3) is 0 Å². The highest BCUT2D eigenvalue weighted by Crippen LogP contribution is 2.33. The molecule has 7 nitrogen and oxygen atoms in total. The zero-order chi connectivity index (χ0) is 27.9. The lowest BCUT2D eigenvalue weighted by Crippen LogP contribution is -2.49. The Balaban J connectivity index is 1.15. The maximum absolute atomic E-state index is 13.5. The van der Waals surface area contributed by atoms with E-state index in [1.54, 1.807) is 12.1 Å². The first-order chi connectivity index (χ1) is 19.5. The van der Waals surface area contributed by atoms with E-state index in [9.17, 15) is 14.4 Å². The summed E-state index contributed by atoms with van der Waals surface area (Å²) in [5.74, 6) is 2.01. The summed E-state index contributed by atoms with van der Waals surface area (Å²) in [5, 5.41) is 2.97. The van der Waals surface area contributed by atoms with Gasteiger partial charge in [-0.2, -0.15) is 0 Å². The minimum Gasteiger partial charge on any atom is -0.457 e. The number of rotatable bonds is 8. The number of carbonyl (C=O) groups excluding carboxylic acids is 3. The van der Waals surface area contributed by atoms with Crippen LogP contribution in [-0.2, 0) is 4.79 Å². The summed E-state index contributed by atoms with van der Waals surface area (Å²) in [5.41, 5.74) is 1.22. The fourth-order valence-corrected chi connectivity index (χ4v) is 5.80. The topological polar surface area (TPSA) is 79.0 Å². The molecule has 2 aliphatic heterocycles. The van der Waals surface area contributed by atoms with Crippen molar-refractivity contribution in [1.29, 1.82) is 0 Å². The standard InChI is InChI=1S/C33H37N3O4/c1-2-9-30(34-31(37)24-10-5-3-6-11-24)33(39)35-20-18-26-22-36(23-27(26)19-21-35)32(38)25-14-16-29(17-15-25)40-28-12-7-4-8-13-28/h3-8,10-17,26-27,30H,2,9,18-23H2,1H3,(H,34,37)/t26-,27+,30-/m0/s1. The van der Waals surface area contributed by atoms with Gasteiger partial charge in [-0.25, -0.2) is 0 Å². The number of para-hydroxylation sites is 1. The van der Waals surface area contributed by atoms with Gasteiger partial charge in [-0.05, 0) is 79.6 Å². The molecule has 1 N–H and O–H groups in total. The van der Waals surface area contributed by atoms with Crippen molar-refractivity contribution in [3.63, 3.8) is 0 Å². The number of ether oxygens (including phenoxy) is 1. The second kappa shape index (κ2) is 12.8. The zero-order valence-corrected chi connectivity index (χ0v) is 23.0. The third kappa shape index (κ3) is 6.53. The van der Waals surface area contributed by atoms with Crippen LogP contribution in [0.15, 0.2) is 84.9 Å². The molecule has 5 rings (SSSR count). The van der Waals surface area contributed by atoms with Crippen molar-refractivity contribution in [3.05, 3.63) is 96.1 Å². The molecule has 0 saturated carbocycles. The molecule has 2 fully saturated rings. The van der Waals surface area contributed by atoms with Crippen LogP contribution >= 0.6 is 0 Å². The van der Waals surface area contributed by atoms with Crippen LogP contribution in [0, 0.1) is 11.8 Å². The second-order valence-electron chi connectivity index (χ2n) is 10.8. The molecule has 208 valence electrons. The van der Waals surface area contributed by atoms with Gasteiger partial charge in [0.2, 0.25) is 5.91 Å². The van der Waals surface area contributed by atoms with E-state index in [1.165, 1.54) is 0 Å². The number of fused-ring (bicyclic) bond motifs is 1. The second-order valence-corrected chi connectivity index (χ2v) is 10.8. The van der Waals surface area contributed by atoms with Crippen molar-refractivity contribution in [1.82, 2.24) is 15.1 Å². The molecule has 0 bridgehead atoms. The first kappa shape index (κ1) is 27.4. The molecule has 0 aromatic heterocycles. The summed E-state index contributed by atoms with van der Waals surface area (Å²) in [6.45, 7) is 4.73. The van der Waals surface area contributed by atoms with Crippen molar-refractivity contribution >= 4 is 17.7 Å². The predicted molar refractivity (Wildman–Crippen MR) is 154 cm³/mol. The number of nitrogens with one attached hydrogen (secondary N) is 1. The number of likely N-dealkylation sites (tertiary alicyclic amines) is 2. The Bertz CT molecular complexity index is 1280. The van der Waals surface area contributed by atoms with Crippen LogP contribution in [0.1, 0.15) is 53.3 Å². The highest BCUT2D eigenvalue weighted by molar-refractivity contribution is 5.97. The zero-order valence-electron chi connectivity index (χ0n) is 23.0. The summed E-state index contributed by atoms with van der Waals surface area (Å²) in [6.07, 6.45) is 3.13. The van der Waals surface area contributed by atoms with Gasteiger partial charge in [0.05, 0.1) is 0 Å². The van der Waals surface area contributed by atoms with Gasteiger partial charge in [0.1, 0.15) is 17.5 Å². The average molecular weight is 540 g/mol. The molecule has 0 spiro atoms. The molecular formula is C33H37N3O4. The third-order valence-electron chi connectivity index (χ3n) is 8.01. The summed E-state index contributed by atoms with van der Waals surface area (Å²) < 4.78 is 5.85.